The van der Waals surface area contributed by atoms with Gasteiger partial charge in [-0.15, -0.1) is 0 Å². The molecule has 0 radical (unpaired) electrons. The highest BCUT2D eigenvalue weighted by molar-refractivity contribution is 6.58. The van der Waals surface area contributed by atoms with Crippen LogP contribution < -0.4 is 0 Å². The Morgan fingerprint density at radius 1 is 0.923 bits per heavy atom. The molecule has 2 heteroatoms. The Hall–Kier alpha value is 0.492. The molecule has 0 heterocycles. The average Bonchev–Trinajstić information content (AvgIpc) is 2.04. The Morgan fingerprint density at radius 2 is 1.46 bits per heavy atom. The Balaban J connectivity index is 3.44. The van der Waals surface area contributed by atoms with Crippen molar-refractivity contribution >= 4 is 14.1 Å². The van der Waals surface area contributed by atoms with E-state index >= 15 is 0 Å². The van der Waals surface area contributed by atoms with Gasteiger partial charge in [0.2, 0.25) is 0 Å². The molecular weight excluding hydrogens is 173 g/mol. The van der Waals surface area contributed by atoms with E-state index in [0.29, 0.717) is 0 Å². The third kappa shape index (κ3) is 8.81. The molecule has 0 aliphatic rings. The van der Waals surface area contributed by atoms with Gasteiger partial charge in [-0.1, -0.05) is 49.0 Å². The molecule has 0 N–H and O–H groups in total. The summed E-state index contributed by atoms with van der Waals surface area (Å²) < 4.78 is 0. The molecule has 0 unspecified atom stereocenters. The van der Waals surface area contributed by atoms with Gasteiger partial charge in [-0.05, 0) is 20.6 Å². The highest BCUT2D eigenvalue weighted by atomic mass is 27.2. The first-order valence-electron chi connectivity index (χ1n) is 5.85. The second kappa shape index (κ2) is 9.06. The van der Waals surface area contributed by atoms with Crippen LogP contribution in [0.5, 0.6) is 0 Å². The maximum atomic E-state index is 2.33. The van der Waals surface area contributed by atoms with Crippen molar-refractivity contribution in [1.29, 1.82) is 0 Å². The van der Waals surface area contributed by atoms with Crippen LogP contribution in [-0.2, 0) is 0 Å². The largest absolute Gasteiger partial charge is 0.309 e. The summed E-state index contributed by atoms with van der Waals surface area (Å²) >= 11 is -0.319. The number of rotatable bonds is 8. The van der Waals surface area contributed by atoms with E-state index < -0.39 is 0 Å². The number of hydrogen-bond donors (Lipinski definition) is 0. The third-order valence-corrected chi connectivity index (χ3v) is 6.62. The van der Waals surface area contributed by atoms with Crippen molar-refractivity contribution in [3.8, 4) is 0 Å². The molecule has 13 heavy (non-hydrogen) atoms. The molecule has 0 atom stereocenters. The van der Waals surface area contributed by atoms with Crippen molar-refractivity contribution in [2.75, 3.05) is 20.6 Å². The van der Waals surface area contributed by atoms with E-state index in [1.807, 2.05) is 0 Å². The molecule has 0 aromatic heterocycles. The molecule has 0 amide bonds. The van der Waals surface area contributed by atoms with E-state index in [1.54, 1.807) is 15.8 Å². The van der Waals surface area contributed by atoms with Gasteiger partial charge >= 0.3 is 0 Å². The summed E-state index contributed by atoms with van der Waals surface area (Å²) in [5.41, 5.74) is 0. The zero-order valence-corrected chi connectivity index (χ0v) is 11.1. The van der Waals surface area contributed by atoms with Gasteiger partial charge < -0.3 is 4.90 Å². The maximum Gasteiger partial charge on any atom is 0.261 e. The lowest BCUT2D eigenvalue weighted by Crippen LogP contribution is -2.17. The van der Waals surface area contributed by atoms with Crippen LogP contribution in [-0.4, -0.2) is 39.7 Å². The Morgan fingerprint density at radius 3 is 1.85 bits per heavy atom. The molecule has 0 aromatic carbocycles. The molecule has 1 nitrogen and oxygen atoms in total. The van der Waals surface area contributed by atoms with E-state index in [9.17, 15) is 0 Å². The molecule has 0 aromatic rings. The van der Waals surface area contributed by atoms with Gasteiger partial charge in [0.15, 0.2) is 0 Å². The van der Waals surface area contributed by atoms with Gasteiger partial charge in [0.1, 0.15) is 0 Å². The zero-order chi connectivity index (χ0) is 10.1. The van der Waals surface area contributed by atoms with Crippen LogP contribution in [0, 0.1) is 0 Å². The van der Waals surface area contributed by atoms with Crippen LogP contribution in [0.4, 0.5) is 0 Å². The molecule has 0 bridgehead atoms. The predicted molar refractivity (Wildman–Crippen MR) is 63.9 cm³/mol. The van der Waals surface area contributed by atoms with Gasteiger partial charge in [0, 0.05) is 0 Å². The SMILES string of the molecule is CC[CH2][Al]([CH2]CC)[CH2]CCN(C)C. The highest BCUT2D eigenvalue weighted by Gasteiger charge is 2.13. The summed E-state index contributed by atoms with van der Waals surface area (Å²) in [6.45, 7) is 5.96. The molecule has 0 aliphatic heterocycles. The van der Waals surface area contributed by atoms with Gasteiger partial charge in [0.05, 0.1) is 0 Å². The van der Waals surface area contributed by atoms with Gasteiger partial charge in [-0.2, -0.15) is 0 Å². The second-order valence-electron chi connectivity index (χ2n) is 4.39. The molecule has 0 spiro atoms. The predicted octanol–water partition coefficient (Wildman–Crippen LogP) is 3.25. The minimum Gasteiger partial charge on any atom is -0.309 e. The smallest absolute Gasteiger partial charge is 0.261 e. The Kier molecular flexibility index (Phi) is 9.41. The first-order chi connectivity index (χ1) is 6.20. The highest BCUT2D eigenvalue weighted by Crippen LogP contribution is 2.12. The lowest BCUT2D eigenvalue weighted by atomic mass is 10.4. The van der Waals surface area contributed by atoms with Gasteiger partial charge in [0.25, 0.3) is 14.1 Å². The standard InChI is InChI=1S/C5H12N.2C3H7.Al/c1-4-5-6(2)3;2*1-3-2;/h1,4-5H2,2-3H3;2*1,3H2,2H3;. The van der Waals surface area contributed by atoms with Crippen molar-refractivity contribution in [3.05, 3.63) is 0 Å². The van der Waals surface area contributed by atoms with E-state index in [0.717, 1.165) is 0 Å². The van der Waals surface area contributed by atoms with E-state index in [4.69, 9.17) is 0 Å². The Bertz CT molecular complexity index is 98.3. The first-order valence-corrected chi connectivity index (χ1v) is 8.30. The summed E-state index contributed by atoms with van der Waals surface area (Å²) in [5.74, 6) is 0. The van der Waals surface area contributed by atoms with Crippen LogP contribution in [0.3, 0.4) is 0 Å². The number of hydrogen-bond acceptors (Lipinski definition) is 1. The van der Waals surface area contributed by atoms with Crippen molar-refractivity contribution < 1.29 is 0 Å². The quantitative estimate of drug-likeness (QED) is 0.542. The van der Waals surface area contributed by atoms with Crippen molar-refractivity contribution in [2.24, 2.45) is 0 Å². The fourth-order valence-electron chi connectivity index (χ4n) is 1.95. The average molecular weight is 199 g/mol. The zero-order valence-electron chi connectivity index (χ0n) is 9.97. The minimum atomic E-state index is -0.319. The van der Waals surface area contributed by atoms with E-state index in [-0.39, 0.29) is 14.1 Å². The van der Waals surface area contributed by atoms with E-state index in [1.165, 1.54) is 25.8 Å². The molecule has 0 rings (SSSR count). The monoisotopic (exact) mass is 199 g/mol. The summed E-state index contributed by atoms with van der Waals surface area (Å²) in [6.07, 6.45) is 4.27. The van der Waals surface area contributed by atoms with Crippen LogP contribution >= 0.6 is 0 Å². The van der Waals surface area contributed by atoms with Crippen molar-refractivity contribution in [1.82, 2.24) is 4.90 Å². The molecule has 0 saturated heterocycles. The minimum absolute atomic E-state index is 0.319. The van der Waals surface area contributed by atoms with Crippen LogP contribution in [0.15, 0.2) is 0 Å². The normalized spacial score (nSPS) is 10.8. The fraction of sp³-hybridized carbons (Fsp3) is 1.00. The fourth-order valence-corrected chi connectivity index (χ4v) is 5.20. The summed E-state index contributed by atoms with van der Waals surface area (Å²) in [6, 6.07) is 0. The first kappa shape index (κ1) is 13.5. The molecule has 78 valence electrons. The molecule has 0 aliphatic carbocycles. The Labute approximate surface area is 88.9 Å². The maximum absolute atomic E-state index is 2.33. The van der Waals surface area contributed by atoms with E-state index in [2.05, 4.69) is 32.8 Å². The lowest BCUT2D eigenvalue weighted by Gasteiger charge is -2.12. The summed E-state index contributed by atoms with van der Waals surface area (Å²) in [4.78, 5) is 2.31. The molecular formula is C11H26AlN. The summed E-state index contributed by atoms with van der Waals surface area (Å²) in [5, 5.41) is 4.71. The van der Waals surface area contributed by atoms with Crippen molar-refractivity contribution in [2.45, 2.75) is 49.0 Å². The lowest BCUT2D eigenvalue weighted by molar-refractivity contribution is 0.408. The molecule has 0 fully saturated rings. The van der Waals surface area contributed by atoms with Crippen molar-refractivity contribution in [3.63, 3.8) is 0 Å². The third-order valence-electron chi connectivity index (χ3n) is 2.61. The van der Waals surface area contributed by atoms with Crippen LogP contribution in [0.25, 0.3) is 0 Å². The number of nitrogens with zero attached hydrogens (tertiary/aromatic N) is 1. The van der Waals surface area contributed by atoms with Gasteiger partial charge in [-0.25, -0.2) is 0 Å². The summed E-state index contributed by atoms with van der Waals surface area (Å²) in [7, 11) is 4.35. The topological polar surface area (TPSA) is 3.24 Å². The second-order valence-corrected chi connectivity index (χ2v) is 7.85. The van der Waals surface area contributed by atoms with Crippen LogP contribution in [0.2, 0.25) is 15.8 Å². The molecule has 0 saturated carbocycles. The van der Waals surface area contributed by atoms with Gasteiger partial charge in [-0.3, -0.25) is 0 Å². The van der Waals surface area contributed by atoms with Crippen LogP contribution in [0.1, 0.15) is 33.1 Å².